The fourth-order valence-electron chi connectivity index (χ4n) is 4.28. The number of carbonyl (C=O) groups excluding carboxylic acids is 3. The van der Waals surface area contributed by atoms with Crippen molar-refractivity contribution in [3.8, 4) is 0 Å². The number of fused-ring (bicyclic) bond motifs is 2. The molecule has 3 aromatic rings. The number of primary amides is 1. The standard InChI is InChI=1S/C20H19ClN6O3S/c21-18-24-8-11(31-18)7-23-17(28)16-6-10-5-15(10)27(16)20(30)25-13-9-26(19(22)29)14-4-2-1-3-12(13)14/h1-4,8-10,15-16H,5-7H2,(H2,22,29)(H,23,28)(H,25,30)/t10-,15-,16+/m1/s1. The molecule has 2 aliphatic rings. The Morgan fingerprint density at radius 2 is 2.06 bits per heavy atom. The van der Waals surface area contributed by atoms with E-state index in [1.807, 2.05) is 6.07 Å². The molecular formula is C20H19ClN6O3S. The number of rotatable bonds is 4. The molecule has 1 saturated heterocycles. The first-order valence-corrected chi connectivity index (χ1v) is 11.0. The molecular weight excluding hydrogens is 440 g/mol. The summed E-state index contributed by atoms with van der Waals surface area (Å²) in [6, 6.07) is 5.68. The first kappa shape index (κ1) is 19.8. The lowest BCUT2D eigenvalue weighted by Gasteiger charge is -2.26. The first-order valence-electron chi connectivity index (χ1n) is 9.79. The van der Waals surface area contributed by atoms with Gasteiger partial charge >= 0.3 is 12.1 Å². The Kier molecular flexibility index (Phi) is 4.82. The molecule has 11 heteroatoms. The second-order valence-electron chi connectivity index (χ2n) is 7.72. The van der Waals surface area contributed by atoms with Gasteiger partial charge in [-0.25, -0.2) is 14.6 Å². The van der Waals surface area contributed by atoms with Crippen molar-refractivity contribution in [3.63, 3.8) is 0 Å². The van der Waals surface area contributed by atoms with Gasteiger partial charge in [-0.15, -0.1) is 11.3 Å². The molecule has 1 aromatic carbocycles. The Bertz CT molecular complexity index is 1210. The quantitative estimate of drug-likeness (QED) is 0.556. The zero-order valence-corrected chi connectivity index (χ0v) is 17.8. The maximum absolute atomic E-state index is 13.2. The smallest absolute Gasteiger partial charge is 0.323 e. The molecule has 160 valence electrons. The molecule has 0 radical (unpaired) electrons. The van der Waals surface area contributed by atoms with Crippen LogP contribution in [0.15, 0.2) is 36.7 Å². The number of anilines is 1. The predicted molar refractivity (Wildman–Crippen MR) is 117 cm³/mol. The van der Waals surface area contributed by atoms with Gasteiger partial charge in [0.2, 0.25) is 5.91 Å². The third-order valence-electron chi connectivity index (χ3n) is 5.79. The minimum Gasteiger partial charge on any atom is -0.351 e. The summed E-state index contributed by atoms with van der Waals surface area (Å²) < 4.78 is 1.71. The molecule has 5 rings (SSSR count). The Morgan fingerprint density at radius 3 is 2.81 bits per heavy atom. The summed E-state index contributed by atoms with van der Waals surface area (Å²) >= 11 is 7.14. The highest BCUT2D eigenvalue weighted by Crippen LogP contribution is 2.48. The van der Waals surface area contributed by atoms with E-state index in [2.05, 4.69) is 15.6 Å². The Morgan fingerprint density at radius 1 is 1.26 bits per heavy atom. The van der Waals surface area contributed by atoms with Crippen LogP contribution in [-0.4, -0.2) is 44.5 Å². The number of halogens is 1. The maximum atomic E-state index is 13.2. The first-order chi connectivity index (χ1) is 14.9. The third-order valence-corrected chi connectivity index (χ3v) is 6.91. The van der Waals surface area contributed by atoms with Crippen molar-refractivity contribution in [2.24, 2.45) is 11.7 Å². The minimum atomic E-state index is -0.638. The highest BCUT2D eigenvalue weighted by molar-refractivity contribution is 7.15. The number of benzene rings is 1. The maximum Gasteiger partial charge on any atom is 0.323 e. The van der Waals surface area contributed by atoms with E-state index in [9.17, 15) is 14.4 Å². The van der Waals surface area contributed by atoms with E-state index in [0.29, 0.717) is 39.9 Å². The summed E-state index contributed by atoms with van der Waals surface area (Å²) in [5.41, 5.74) is 6.53. The van der Waals surface area contributed by atoms with Gasteiger partial charge in [0, 0.05) is 28.7 Å². The Hall–Kier alpha value is -3.11. The van der Waals surface area contributed by atoms with Crippen molar-refractivity contribution in [2.75, 3.05) is 5.32 Å². The van der Waals surface area contributed by atoms with Crippen LogP contribution < -0.4 is 16.4 Å². The summed E-state index contributed by atoms with van der Waals surface area (Å²) in [7, 11) is 0. The monoisotopic (exact) mass is 458 g/mol. The Labute approximate surface area is 186 Å². The van der Waals surface area contributed by atoms with Crippen molar-refractivity contribution >= 4 is 57.5 Å². The highest BCUT2D eigenvalue weighted by atomic mass is 35.5. The normalized spacial score (nSPS) is 21.7. The van der Waals surface area contributed by atoms with Crippen molar-refractivity contribution in [1.29, 1.82) is 0 Å². The number of urea groups is 1. The number of amides is 4. The molecule has 2 aromatic heterocycles. The molecule has 4 N–H and O–H groups in total. The van der Waals surface area contributed by atoms with Crippen LogP contribution in [0.25, 0.3) is 10.9 Å². The van der Waals surface area contributed by atoms with Gasteiger partial charge in [0.1, 0.15) is 6.04 Å². The predicted octanol–water partition coefficient (Wildman–Crippen LogP) is 2.99. The minimum absolute atomic E-state index is 0.0538. The molecule has 0 spiro atoms. The lowest BCUT2D eigenvalue weighted by Crippen LogP contribution is -2.49. The van der Waals surface area contributed by atoms with Crippen LogP contribution in [0.1, 0.15) is 17.7 Å². The largest absolute Gasteiger partial charge is 0.351 e. The van der Waals surface area contributed by atoms with Crippen LogP contribution in [0.2, 0.25) is 4.47 Å². The molecule has 3 atom stereocenters. The van der Waals surface area contributed by atoms with Crippen LogP contribution in [0.4, 0.5) is 15.3 Å². The average Bonchev–Trinajstić information content (AvgIpc) is 3.08. The van der Waals surface area contributed by atoms with Crippen molar-refractivity contribution < 1.29 is 14.4 Å². The highest BCUT2D eigenvalue weighted by Gasteiger charge is 2.56. The number of nitrogens with one attached hydrogen (secondary N) is 2. The van der Waals surface area contributed by atoms with E-state index in [-0.39, 0.29) is 18.0 Å². The van der Waals surface area contributed by atoms with Crippen molar-refractivity contribution in [3.05, 3.63) is 46.0 Å². The van der Waals surface area contributed by atoms with Crippen LogP contribution in [-0.2, 0) is 11.3 Å². The number of para-hydroxylation sites is 1. The summed E-state index contributed by atoms with van der Waals surface area (Å²) in [5, 5.41) is 6.45. The van der Waals surface area contributed by atoms with Gasteiger partial charge in [-0.2, -0.15) is 0 Å². The average molecular weight is 459 g/mol. The van der Waals surface area contributed by atoms with Crippen LogP contribution in [0.3, 0.4) is 0 Å². The van der Waals surface area contributed by atoms with E-state index in [0.717, 1.165) is 11.3 Å². The number of hydrogen-bond acceptors (Lipinski definition) is 5. The topological polar surface area (TPSA) is 122 Å². The van der Waals surface area contributed by atoms with Gasteiger partial charge in [0.15, 0.2) is 4.47 Å². The summed E-state index contributed by atoms with van der Waals surface area (Å²) in [6.07, 6.45) is 4.66. The molecule has 9 nitrogen and oxygen atoms in total. The van der Waals surface area contributed by atoms with Crippen molar-refractivity contribution in [1.82, 2.24) is 19.8 Å². The number of likely N-dealkylation sites (tertiary alicyclic amines) is 1. The second-order valence-corrected chi connectivity index (χ2v) is 9.41. The van der Waals surface area contributed by atoms with Crippen LogP contribution in [0.5, 0.6) is 0 Å². The Balaban J connectivity index is 1.33. The lowest BCUT2D eigenvalue weighted by atomic mass is 10.1. The number of nitrogens with two attached hydrogens (primary N) is 1. The summed E-state index contributed by atoms with van der Waals surface area (Å²) in [5.74, 6) is 0.137. The fraction of sp³-hybridized carbons (Fsp3) is 0.300. The van der Waals surface area contributed by atoms with Crippen LogP contribution >= 0.6 is 22.9 Å². The number of hydrogen-bond donors (Lipinski definition) is 3. The zero-order chi connectivity index (χ0) is 21.7. The van der Waals surface area contributed by atoms with Gasteiger partial charge in [0.05, 0.1) is 17.7 Å². The molecule has 4 amide bonds. The van der Waals surface area contributed by atoms with Gasteiger partial charge in [0.25, 0.3) is 0 Å². The summed E-state index contributed by atoms with van der Waals surface area (Å²) in [6.45, 7) is 0.316. The van der Waals surface area contributed by atoms with E-state index in [1.54, 1.807) is 29.3 Å². The summed E-state index contributed by atoms with van der Waals surface area (Å²) in [4.78, 5) is 44.2. The molecule has 0 bridgehead atoms. The molecule has 1 aliphatic carbocycles. The molecule has 3 heterocycles. The number of nitrogens with zero attached hydrogens (tertiary/aromatic N) is 3. The van der Waals surface area contributed by atoms with Gasteiger partial charge in [-0.05, 0) is 24.8 Å². The van der Waals surface area contributed by atoms with E-state index in [1.165, 1.54) is 22.1 Å². The fourth-order valence-corrected chi connectivity index (χ4v) is 5.20. The third kappa shape index (κ3) is 3.61. The molecule has 1 aliphatic heterocycles. The number of thiazole rings is 1. The van der Waals surface area contributed by atoms with E-state index < -0.39 is 12.1 Å². The molecule has 31 heavy (non-hydrogen) atoms. The second kappa shape index (κ2) is 7.54. The van der Waals surface area contributed by atoms with Gasteiger partial charge in [-0.1, -0.05) is 29.8 Å². The van der Waals surface area contributed by atoms with Gasteiger partial charge < -0.3 is 21.3 Å². The van der Waals surface area contributed by atoms with E-state index in [4.69, 9.17) is 17.3 Å². The molecule has 0 unspecified atom stereocenters. The van der Waals surface area contributed by atoms with Crippen molar-refractivity contribution in [2.45, 2.75) is 31.5 Å². The van der Waals surface area contributed by atoms with Crippen LogP contribution in [0, 0.1) is 5.92 Å². The zero-order valence-electron chi connectivity index (χ0n) is 16.2. The number of piperidine rings is 1. The SMILES string of the molecule is NC(=O)n1cc(NC(=O)N2[C@@H]3C[C@@H]3C[C@H]2C(=O)NCc2cnc(Cl)s2)c2ccccc21. The number of carbonyl (C=O) groups is 3. The lowest BCUT2D eigenvalue weighted by molar-refractivity contribution is -0.125. The van der Waals surface area contributed by atoms with Gasteiger partial charge in [-0.3, -0.25) is 9.36 Å². The number of aromatic nitrogens is 2. The molecule has 1 saturated carbocycles. The molecule has 2 fully saturated rings. The van der Waals surface area contributed by atoms with E-state index >= 15 is 0 Å².